The summed E-state index contributed by atoms with van der Waals surface area (Å²) in [6.45, 7) is 7.28. The Kier molecular flexibility index (Phi) is 13.6. The number of rotatable bonds is 13. The number of anilines is 1. The van der Waals surface area contributed by atoms with Gasteiger partial charge < -0.3 is 17.3 Å². The minimum absolute atomic E-state index is 0.00871. The van der Waals surface area contributed by atoms with Crippen molar-refractivity contribution in [1.29, 1.82) is 0 Å². The van der Waals surface area contributed by atoms with Gasteiger partial charge in [-0.1, -0.05) is 18.2 Å². The summed E-state index contributed by atoms with van der Waals surface area (Å²) in [4.78, 5) is 2.48. The number of benzene rings is 2. The fourth-order valence-corrected chi connectivity index (χ4v) is 7.19. The van der Waals surface area contributed by atoms with E-state index in [2.05, 4.69) is 91.1 Å². The van der Waals surface area contributed by atoms with Crippen LogP contribution in [0, 0.1) is 0 Å². The molecule has 0 saturated heterocycles. The van der Waals surface area contributed by atoms with Crippen LogP contribution < -0.4 is 4.90 Å². The number of hydrogen-bond donors (Lipinski definition) is 2. The molecule has 1 heterocycles. The molecular weight excluding hydrogens is 629 g/mol. The van der Waals surface area contributed by atoms with Crippen molar-refractivity contribution in [3.8, 4) is 0 Å². The third-order valence-electron chi connectivity index (χ3n) is 6.11. The van der Waals surface area contributed by atoms with Crippen LogP contribution in [-0.2, 0) is 5.41 Å². The van der Waals surface area contributed by atoms with E-state index in [1.54, 1.807) is 0 Å². The molecule has 38 heavy (non-hydrogen) atoms. The molecule has 0 aromatic heterocycles. The Morgan fingerprint density at radius 2 is 1.37 bits per heavy atom. The van der Waals surface area contributed by atoms with Gasteiger partial charge in [0.15, 0.2) is 0 Å². The minimum atomic E-state index is -6.00. The van der Waals surface area contributed by atoms with E-state index >= 15 is 0 Å². The van der Waals surface area contributed by atoms with Gasteiger partial charge in [0.1, 0.15) is 0 Å². The third kappa shape index (κ3) is 10.5. The Balaban J connectivity index is 0.000000926. The van der Waals surface area contributed by atoms with Gasteiger partial charge in [0.25, 0.3) is 0 Å². The first kappa shape index (κ1) is 32.6. The van der Waals surface area contributed by atoms with Gasteiger partial charge >= 0.3 is 195 Å². The summed E-state index contributed by atoms with van der Waals surface area (Å²) >= 11 is 1.00. The van der Waals surface area contributed by atoms with E-state index in [0.717, 1.165) is 34.4 Å². The molecule has 3 rings (SSSR count). The number of fused-ring (bicyclic) bond motifs is 1. The first-order chi connectivity index (χ1) is 18.0. The van der Waals surface area contributed by atoms with Crippen molar-refractivity contribution in [3.63, 3.8) is 0 Å². The normalized spacial score (nSPS) is 14.4. The number of para-hydroxylation sites is 1. The number of aliphatic hydroxyl groups is 2. The van der Waals surface area contributed by atoms with Crippen LogP contribution in [0.4, 0.5) is 28.6 Å². The van der Waals surface area contributed by atoms with Gasteiger partial charge in [0.2, 0.25) is 0 Å². The molecule has 2 N–H and O–H groups in total. The molecule has 4 nitrogen and oxygen atoms in total. The fraction of sp³-hybridized carbons (Fsp3) is 0.444. The predicted octanol–water partition coefficient (Wildman–Crippen LogP) is 5.58. The molecule has 2 aromatic carbocycles. The molecule has 1 aliphatic heterocycles. The molecule has 0 bridgehead atoms. The first-order valence-electron chi connectivity index (χ1n) is 12.5. The Labute approximate surface area is 236 Å². The van der Waals surface area contributed by atoms with E-state index in [4.69, 9.17) is 10.2 Å². The molecule has 2 aromatic rings. The van der Waals surface area contributed by atoms with Gasteiger partial charge in [-0.05, 0) is 0 Å². The maximum absolute atomic E-state index is 9.75. The Morgan fingerprint density at radius 1 is 0.842 bits per heavy atom. The van der Waals surface area contributed by atoms with Crippen molar-refractivity contribution in [2.45, 2.75) is 40.5 Å². The van der Waals surface area contributed by atoms with Crippen LogP contribution in [0.15, 0.2) is 54.6 Å². The summed E-state index contributed by atoms with van der Waals surface area (Å²) in [5.41, 5.74) is 6.45. The number of allylic oxidation sites excluding steroid dienone is 1. The minimum Gasteiger partial charge on any atom is -0.418 e. The van der Waals surface area contributed by atoms with Crippen molar-refractivity contribution in [3.05, 3.63) is 65.7 Å². The predicted molar refractivity (Wildman–Crippen MR) is 153 cm³/mol. The topological polar surface area (TPSA) is 46.7 Å². The molecule has 1 aliphatic rings. The molecule has 0 saturated carbocycles. The molecule has 0 radical (unpaired) electrons. The monoisotopic (exact) mass is 668 g/mol. The second-order valence-electron chi connectivity index (χ2n) is 9.17. The molecular formula is C27H37BF4N2O2Se2. The fourth-order valence-electron chi connectivity index (χ4n) is 4.33. The van der Waals surface area contributed by atoms with Gasteiger partial charge in [0.05, 0.1) is 0 Å². The standard InChI is InChI=1S/C27H37N2O2Se2.BF4/c1-27(2)24-6-4-5-7-25(24)28(3)26(27)13-10-22-8-11-23(12-9-22)29(14-18-32-20-16-30)15-19-33-21-17-31;2-1(3,4)5/h4-13,30-31H,14-21H2,1-3H3;/q+1;-1. The number of aliphatic hydroxyl groups excluding tert-OH is 2. The molecule has 11 heteroatoms. The Hall–Kier alpha value is -1.61. The van der Waals surface area contributed by atoms with Gasteiger partial charge in [-0.2, -0.15) is 0 Å². The summed E-state index contributed by atoms with van der Waals surface area (Å²) in [6.07, 6.45) is 4.49. The maximum atomic E-state index is 9.75. The van der Waals surface area contributed by atoms with E-state index in [1.165, 1.54) is 28.2 Å². The quantitative estimate of drug-likeness (QED) is 0.127. The van der Waals surface area contributed by atoms with Crippen LogP contribution in [0.2, 0.25) is 21.3 Å². The number of nitrogens with zero attached hydrogens (tertiary/aromatic N) is 2. The van der Waals surface area contributed by atoms with Crippen molar-refractivity contribution >= 4 is 60.3 Å². The summed E-state index contributed by atoms with van der Waals surface area (Å²) in [5, 5.41) is 22.3. The van der Waals surface area contributed by atoms with E-state index in [0.29, 0.717) is 43.1 Å². The summed E-state index contributed by atoms with van der Waals surface area (Å²) in [6, 6.07) is 17.6. The zero-order valence-corrected chi connectivity index (χ0v) is 25.6. The van der Waals surface area contributed by atoms with Crippen LogP contribution in [0.5, 0.6) is 0 Å². The van der Waals surface area contributed by atoms with Crippen LogP contribution in [-0.4, -0.2) is 91.0 Å². The van der Waals surface area contributed by atoms with Crippen molar-refractivity contribution in [2.24, 2.45) is 0 Å². The van der Waals surface area contributed by atoms with Crippen LogP contribution >= 0.6 is 0 Å². The number of hydrogen-bond acceptors (Lipinski definition) is 3. The third-order valence-corrected chi connectivity index (χ3v) is 10.1. The van der Waals surface area contributed by atoms with Crippen LogP contribution in [0.3, 0.4) is 0 Å². The Bertz CT molecular complexity index is 1050. The van der Waals surface area contributed by atoms with Gasteiger partial charge in [-0.15, -0.1) is 0 Å². The van der Waals surface area contributed by atoms with Gasteiger partial charge in [0, 0.05) is 6.07 Å². The van der Waals surface area contributed by atoms with Crippen molar-refractivity contribution in [2.75, 3.05) is 38.3 Å². The van der Waals surface area contributed by atoms with Gasteiger partial charge in [-0.3, -0.25) is 0 Å². The summed E-state index contributed by atoms with van der Waals surface area (Å²) in [5.74, 6) is 0. The molecule has 0 amide bonds. The molecule has 0 spiro atoms. The molecule has 0 unspecified atom stereocenters. The number of halogens is 4. The van der Waals surface area contributed by atoms with Crippen LogP contribution in [0.25, 0.3) is 6.08 Å². The average molecular weight is 666 g/mol. The smallest absolute Gasteiger partial charge is 0.418 e. The van der Waals surface area contributed by atoms with Crippen LogP contribution in [0.1, 0.15) is 25.0 Å². The van der Waals surface area contributed by atoms with Crippen molar-refractivity contribution < 1.29 is 32.1 Å². The molecule has 0 aliphatic carbocycles. The van der Waals surface area contributed by atoms with E-state index < -0.39 is 7.25 Å². The van der Waals surface area contributed by atoms with Crippen molar-refractivity contribution in [1.82, 2.24) is 0 Å². The second-order valence-corrected chi connectivity index (χ2v) is 14.3. The zero-order chi connectivity index (χ0) is 28.2. The molecule has 0 fully saturated rings. The first-order valence-corrected chi connectivity index (χ1v) is 17.3. The Morgan fingerprint density at radius 3 is 1.87 bits per heavy atom. The summed E-state index contributed by atoms with van der Waals surface area (Å²) in [7, 11) is -3.84. The molecule has 210 valence electrons. The average Bonchev–Trinajstić information content (AvgIpc) is 3.06. The van der Waals surface area contributed by atoms with E-state index in [-0.39, 0.29) is 5.41 Å². The molecule has 0 atom stereocenters. The van der Waals surface area contributed by atoms with Gasteiger partial charge in [-0.25, -0.2) is 0 Å². The van der Waals surface area contributed by atoms with E-state index in [1.807, 2.05) is 0 Å². The van der Waals surface area contributed by atoms with E-state index in [9.17, 15) is 17.3 Å². The SMILES string of the molecule is C[N+]1=C(/C=C/c2ccc(N(CC[Se]CCO)CC[Se]CCO)cc2)C(C)(C)c2ccccc21.F[B-](F)(F)F. The second kappa shape index (κ2) is 15.9. The summed E-state index contributed by atoms with van der Waals surface area (Å²) < 4.78 is 41.3. The zero-order valence-electron chi connectivity index (χ0n) is 22.1.